The molecule has 0 unspecified atom stereocenters. The van der Waals surface area contributed by atoms with Crippen LogP contribution in [0.15, 0.2) is 24.5 Å². The summed E-state index contributed by atoms with van der Waals surface area (Å²) < 4.78 is 2.09. The van der Waals surface area contributed by atoms with Gasteiger partial charge in [0, 0.05) is 34.7 Å². The van der Waals surface area contributed by atoms with Gasteiger partial charge in [0.1, 0.15) is 6.33 Å². The zero-order valence-electron chi connectivity index (χ0n) is 9.68. The lowest BCUT2D eigenvalue weighted by Gasteiger charge is -2.30. The van der Waals surface area contributed by atoms with Gasteiger partial charge in [0.2, 0.25) is 0 Å². The normalized spacial score (nSPS) is 14.7. The molecule has 0 saturated carbocycles. The lowest BCUT2D eigenvalue weighted by Crippen LogP contribution is -2.34. The molecule has 0 amide bonds. The Morgan fingerprint density at radius 1 is 1.33 bits per heavy atom. The number of anilines is 1. The highest BCUT2D eigenvalue weighted by Crippen LogP contribution is 2.31. The minimum Gasteiger partial charge on any atom is -0.362 e. The van der Waals surface area contributed by atoms with Gasteiger partial charge in [-0.25, -0.2) is 0 Å². The molecule has 0 radical (unpaired) electrons. The summed E-state index contributed by atoms with van der Waals surface area (Å²) in [5.74, 6) is 1.00. The van der Waals surface area contributed by atoms with Crippen LogP contribution in [0.2, 0.25) is 5.02 Å². The summed E-state index contributed by atoms with van der Waals surface area (Å²) in [4.78, 5) is 2.30. The Kier molecular flexibility index (Phi) is 3.26. The van der Waals surface area contributed by atoms with Crippen LogP contribution in [0.5, 0.6) is 0 Å². The average molecular weight is 328 g/mol. The maximum absolute atomic E-state index is 6.24. The predicted octanol–water partition coefficient (Wildman–Crippen LogP) is 2.85. The molecule has 4 nitrogen and oxygen atoms in total. The van der Waals surface area contributed by atoms with E-state index < -0.39 is 0 Å². The Labute approximate surface area is 119 Å². The van der Waals surface area contributed by atoms with E-state index in [1.807, 2.05) is 12.1 Å². The fourth-order valence-corrected chi connectivity index (χ4v) is 3.23. The topological polar surface area (TPSA) is 34.0 Å². The maximum atomic E-state index is 6.24. The molecule has 1 aromatic carbocycles. The van der Waals surface area contributed by atoms with Crippen LogP contribution in [0.4, 0.5) is 5.69 Å². The van der Waals surface area contributed by atoms with E-state index >= 15 is 0 Å². The summed E-state index contributed by atoms with van der Waals surface area (Å²) in [6.45, 7) is 2.64. The molecule has 0 spiro atoms. The minimum absolute atomic E-state index is 0.755. The highest BCUT2D eigenvalue weighted by atomic mass is 79.9. The van der Waals surface area contributed by atoms with E-state index in [2.05, 4.69) is 41.7 Å². The second kappa shape index (κ2) is 4.90. The van der Waals surface area contributed by atoms with Gasteiger partial charge in [0.05, 0.1) is 6.54 Å². The highest BCUT2D eigenvalue weighted by Gasteiger charge is 2.20. The molecule has 18 heavy (non-hydrogen) atoms. The van der Waals surface area contributed by atoms with E-state index in [-0.39, 0.29) is 0 Å². The molecule has 2 heterocycles. The van der Waals surface area contributed by atoms with Gasteiger partial charge in [0.25, 0.3) is 0 Å². The summed E-state index contributed by atoms with van der Waals surface area (Å²) in [5, 5.41) is 9.64. The number of hydrogen-bond acceptors (Lipinski definition) is 3. The Morgan fingerprint density at radius 2 is 2.22 bits per heavy atom. The van der Waals surface area contributed by atoms with Crippen LogP contribution in [-0.2, 0) is 18.4 Å². The van der Waals surface area contributed by atoms with Crippen molar-refractivity contribution < 1.29 is 0 Å². The third-order valence-electron chi connectivity index (χ3n) is 3.21. The summed E-state index contributed by atoms with van der Waals surface area (Å²) in [6.07, 6.45) is 1.79. The molecular formula is C12H12BrClN4. The fourth-order valence-electron chi connectivity index (χ4n) is 2.25. The van der Waals surface area contributed by atoms with Gasteiger partial charge in [-0.2, -0.15) is 0 Å². The average Bonchev–Trinajstić information content (AvgIpc) is 2.85. The summed E-state index contributed by atoms with van der Waals surface area (Å²) in [6, 6.07) is 6.02. The van der Waals surface area contributed by atoms with Crippen molar-refractivity contribution >= 4 is 33.2 Å². The van der Waals surface area contributed by atoms with Gasteiger partial charge in [-0.15, -0.1) is 10.2 Å². The van der Waals surface area contributed by atoms with Crippen molar-refractivity contribution in [2.45, 2.75) is 18.4 Å². The zero-order valence-corrected chi connectivity index (χ0v) is 12.0. The van der Waals surface area contributed by atoms with Crippen LogP contribution in [-0.4, -0.2) is 21.3 Å². The Morgan fingerprint density at radius 3 is 3.06 bits per heavy atom. The quantitative estimate of drug-likeness (QED) is 0.795. The summed E-state index contributed by atoms with van der Waals surface area (Å²) >= 11 is 9.74. The number of rotatable bonds is 2. The number of nitrogens with zero attached hydrogens (tertiary/aromatic N) is 4. The first-order valence-corrected chi connectivity index (χ1v) is 7.24. The molecule has 0 N–H and O–H groups in total. The minimum atomic E-state index is 0.755. The summed E-state index contributed by atoms with van der Waals surface area (Å²) in [5.41, 5.74) is 2.31. The van der Waals surface area contributed by atoms with Crippen LogP contribution in [0.25, 0.3) is 0 Å². The van der Waals surface area contributed by atoms with E-state index in [0.29, 0.717) is 0 Å². The molecule has 1 aliphatic rings. The number of hydrogen-bond donors (Lipinski definition) is 0. The second-order valence-electron chi connectivity index (χ2n) is 4.23. The smallest absolute Gasteiger partial charge is 0.152 e. The highest BCUT2D eigenvalue weighted by molar-refractivity contribution is 9.08. The first kappa shape index (κ1) is 12.0. The Balaban J connectivity index is 1.95. The van der Waals surface area contributed by atoms with Crippen LogP contribution in [0.3, 0.4) is 0 Å². The van der Waals surface area contributed by atoms with E-state index in [1.165, 1.54) is 5.69 Å². The SMILES string of the molecule is Clc1cccc(N2CCn3cnnc3C2)c1CBr. The molecule has 1 aliphatic heterocycles. The van der Waals surface area contributed by atoms with Gasteiger partial charge in [-0.05, 0) is 12.1 Å². The van der Waals surface area contributed by atoms with Crippen molar-refractivity contribution in [2.75, 3.05) is 11.4 Å². The van der Waals surface area contributed by atoms with Crippen LogP contribution >= 0.6 is 27.5 Å². The van der Waals surface area contributed by atoms with Crippen molar-refractivity contribution in [3.63, 3.8) is 0 Å². The standard InChI is InChI=1S/C12H12BrClN4/c13-6-9-10(14)2-1-3-11(9)17-4-5-18-8-15-16-12(18)7-17/h1-3,8H,4-7H2. The molecule has 0 atom stereocenters. The van der Waals surface area contributed by atoms with Gasteiger partial charge in [0.15, 0.2) is 5.82 Å². The van der Waals surface area contributed by atoms with Crippen LogP contribution in [0, 0.1) is 0 Å². The number of fused-ring (bicyclic) bond motifs is 1. The first-order valence-electron chi connectivity index (χ1n) is 5.74. The molecule has 0 bridgehead atoms. The lowest BCUT2D eigenvalue weighted by atomic mass is 10.1. The zero-order chi connectivity index (χ0) is 12.5. The van der Waals surface area contributed by atoms with Gasteiger partial charge >= 0.3 is 0 Å². The number of halogens is 2. The molecule has 6 heteroatoms. The fraction of sp³-hybridized carbons (Fsp3) is 0.333. The monoisotopic (exact) mass is 326 g/mol. The molecule has 0 saturated heterocycles. The number of aromatic nitrogens is 3. The lowest BCUT2D eigenvalue weighted by molar-refractivity contribution is 0.559. The van der Waals surface area contributed by atoms with Crippen molar-refractivity contribution in [1.82, 2.24) is 14.8 Å². The van der Waals surface area contributed by atoms with E-state index in [1.54, 1.807) is 6.33 Å². The third-order valence-corrected chi connectivity index (χ3v) is 4.12. The van der Waals surface area contributed by atoms with Gasteiger partial charge in [-0.3, -0.25) is 0 Å². The molecule has 2 aromatic rings. The van der Waals surface area contributed by atoms with Crippen molar-refractivity contribution in [2.24, 2.45) is 0 Å². The van der Waals surface area contributed by atoms with Crippen LogP contribution in [0.1, 0.15) is 11.4 Å². The van der Waals surface area contributed by atoms with E-state index in [9.17, 15) is 0 Å². The van der Waals surface area contributed by atoms with Crippen LogP contribution < -0.4 is 4.90 Å². The molecule has 1 aromatic heterocycles. The van der Waals surface area contributed by atoms with Crippen molar-refractivity contribution in [1.29, 1.82) is 0 Å². The van der Waals surface area contributed by atoms with Crippen molar-refractivity contribution in [3.8, 4) is 0 Å². The Hall–Kier alpha value is -1.07. The predicted molar refractivity (Wildman–Crippen MR) is 75.2 cm³/mol. The molecule has 94 valence electrons. The molecule has 0 aliphatic carbocycles. The van der Waals surface area contributed by atoms with E-state index in [4.69, 9.17) is 11.6 Å². The Bertz CT molecular complexity index is 569. The third kappa shape index (κ3) is 2.01. The van der Waals surface area contributed by atoms with E-state index in [0.717, 1.165) is 41.4 Å². The van der Waals surface area contributed by atoms with Crippen molar-refractivity contribution in [3.05, 3.63) is 40.9 Å². The number of alkyl halides is 1. The number of benzene rings is 1. The van der Waals surface area contributed by atoms with Gasteiger partial charge < -0.3 is 9.47 Å². The van der Waals surface area contributed by atoms with Gasteiger partial charge in [-0.1, -0.05) is 33.6 Å². The maximum Gasteiger partial charge on any atom is 0.152 e. The molecule has 0 fully saturated rings. The largest absolute Gasteiger partial charge is 0.362 e. The molecule has 3 rings (SSSR count). The summed E-state index contributed by atoms with van der Waals surface area (Å²) in [7, 11) is 0. The first-order chi connectivity index (χ1) is 8.79. The molecular weight excluding hydrogens is 316 g/mol. The second-order valence-corrected chi connectivity index (χ2v) is 5.20.